The summed E-state index contributed by atoms with van der Waals surface area (Å²) in [4.78, 5) is 24.1. The van der Waals surface area contributed by atoms with Gasteiger partial charge in [0, 0.05) is 11.4 Å². The Balaban J connectivity index is 1.61. The number of nitrogens with one attached hydrogen (secondary N) is 2. The molecule has 3 rings (SSSR count). The lowest BCUT2D eigenvalue weighted by Crippen LogP contribution is -2.14. The van der Waals surface area contributed by atoms with Gasteiger partial charge in [0.25, 0.3) is 0 Å². The van der Waals surface area contributed by atoms with Gasteiger partial charge in [0.05, 0.1) is 31.9 Å². The number of benzene rings is 3. The predicted molar refractivity (Wildman–Crippen MR) is 113 cm³/mol. The Morgan fingerprint density at radius 2 is 1.48 bits per heavy atom. The standard InChI is InChI=1S/C23H22N2O4/c1-28-19-13-7-16(8-14-19)15-22(26)25-18-11-9-17(10-12-18)24-21-6-4-3-5-20(21)23(27)29-2/h3-14,24H,15H2,1-2H3,(H,25,26). The van der Waals surface area contributed by atoms with Crippen LogP contribution in [0.25, 0.3) is 0 Å². The topological polar surface area (TPSA) is 76.7 Å². The molecule has 0 radical (unpaired) electrons. The summed E-state index contributed by atoms with van der Waals surface area (Å²) >= 11 is 0. The molecule has 0 saturated heterocycles. The molecular formula is C23H22N2O4. The molecule has 2 N–H and O–H groups in total. The van der Waals surface area contributed by atoms with E-state index in [1.54, 1.807) is 37.4 Å². The lowest BCUT2D eigenvalue weighted by Gasteiger charge is -2.11. The SMILES string of the molecule is COC(=O)c1ccccc1Nc1ccc(NC(=O)Cc2ccc(OC)cc2)cc1. The van der Waals surface area contributed by atoms with E-state index in [9.17, 15) is 9.59 Å². The van der Waals surface area contributed by atoms with Crippen LogP contribution in [-0.4, -0.2) is 26.1 Å². The number of rotatable bonds is 7. The molecule has 29 heavy (non-hydrogen) atoms. The summed E-state index contributed by atoms with van der Waals surface area (Å²) in [6, 6.07) is 21.8. The first-order valence-corrected chi connectivity index (χ1v) is 9.06. The molecule has 0 saturated carbocycles. The van der Waals surface area contributed by atoms with Crippen molar-refractivity contribution < 1.29 is 19.1 Å². The molecule has 0 aromatic heterocycles. The van der Waals surface area contributed by atoms with Crippen LogP contribution in [0.5, 0.6) is 5.75 Å². The Hall–Kier alpha value is -3.80. The third-order valence-electron chi connectivity index (χ3n) is 4.30. The van der Waals surface area contributed by atoms with Gasteiger partial charge in [0.1, 0.15) is 5.75 Å². The highest BCUT2D eigenvalue weighted by atomic mass is 16.5. The van der Waals surface area contributed by atoms with Crippen LogP contribution in [0.15, 0.2) is 72.8 Å². The van der Waals surface area contributed by atoms with Crippen molar-refractivity contribution in [3.63, 3.8) is 0 Å². The molecule has 0 spiro atoms. The average molecular weight is 390 g/mol. The van der Waals surface area contributed by atoms with Crippen LogP contribution in [0.2, 0.25) is 0 Å². The number of hydrogen-bond acceptors (Lipinski definition) is 5. The molecule has 0 aliphatic carbocycles. The normalized spacial score (nSPS) is 10.1. The number of amides is 1. The number of carbonyl (C=O) groups is 2. The zero-order valence-corrected chi connectivity index (χ0v) is 16.3. The lowest BCUT2D eigenvalue weighted by molar-refractivity contribution is -0.115. The summed E-state index contributed by atoms with van der Waals surface area (Å²) in [6.45, 7) is 0. The summed E-state index contributed by atoms with van der Waals surface area (Å²) in [5, 5.41) is 6.07. The van der Waals surface area contributed by atoms with Gasteiger partial charge in [-0.1, -0.05) is 24.3 Å². The summed E-state index contributed by atoms with van der Waals surface area (Å²) in [6.07, 6.45) is 0.274. The van der Waals surface area contributed by atoms with E-state index in [-0.39, 0.29) is 12.3 Å². The highest BCUT2D eigenvalue weighted by Crippen LogP contribution is 2.23. The summed E-state index contributed by atoms with van der Waals surface area (Å²) < 4.78 is 9.92. The first-order chi connectivity index (χ1) is 14.1. The molecule has 0 heterocycles. The van der Waals surface area contributed by atoms with Crippen molar-refractivity contribution in [3.8, 4) is 5.75 Å². The van der Waals surface area contributed by atoms with Crippen molar-refractivity contribution in [1.82, 2.24) is 0 Å². The van der Waals surface area contributed by atoms with Gasteiger partial charge in [0.15, 0.2) is 0 Å². The second-order valence-corrected chi connectivity index (χ2v) is 6.31. The highest BCUT2D eigenvalue weighted by Gasteiger charge is 2.11. The molecule has 0 aliphatic rings. The van der Waals surface area contributed by atoms with Gasteiger partial charge in [-0.2, -0.15) is 0 Å². The molecule has 1 amide bonds. The fourth-order valence-corrected chi connectivity index (χ4v) is 2.81. The van der Waals surface area contributed by atoms with Crippen LogP contribution in [0, 0.1) is 0 Å². The molecule has 0 fully saturated rings. The average Bonchev–Trinajstić information content (AvgIpc) is 2.75. The summed E-state index contributed by atoms with van der Waals surface area (Å²) in [7, 11) is 2.96. The Labute approximate surface area is 169 Å². The van der Waals surface area contributed by atoms with E-state index < -0.39 is 5.97 Å². The van der Waals surface area contributed by atoms with E-state index in [4.69, 9.17) is 9.47 Å². The van der Waals surface area contributed by atoms with Gasteiger partial charge in [-0.25, -0.2) is 4.79 Å². The Bertz CT molecular complexity index is 983. The number of esters is 1. The zero-order valence-electron chi connectivity index (χ0n) is 16.3. The molecule has 148 valence electrons. The van der Waals surface area contributed by atoms with Gasteiger partial charge in [0.2, 0.25) is 5.91 Å². The van der Waals surface area contributed by atoms with Gasteiger partial charge in [-0.15, -0.1) is 0 Å². The van der Waals surface area contributed by atoms with Crippen LogP contribution in [-0.2, 0) is 16.0 Å². The third-order valence-corrected chi connectivity index (χ3v) is 4.30. The van der Waals surface area contributed by atoms with Gasteiger partial charge < -0.3 is 20.1 Å². The minimum atomic E-state index is -0.407. The number of methoxy groups -OCH3 is 2. The van der Waals surface area contributed by atoms with Gasteiger partial charge in [-0.05, 0) is 54.1 Å². The fourth-order valence-electron chi connectivity index (χ4n) is 2.81. The number of hydrogen-bond donors (Lipinski definition) is 2. The van der Waals surface area contributed by atoms with Gasteiger partial charge in [-0.3, -0.25) is 4.79 Å². The zero-order chi connectivity index (χ0) is 20.6. The van der Waals surface area contributed by atoms with E-state index in [0.717, 1.165) is 17.0 Å². The van der Waals surface area contributed by atoms with Crippen molar-refractivity contribution in [1.29, 1.82) is 0 Å². The predicted octanol–water partition coefficient (Wildman–Crippen LogP) is 4.41. The van der Waals surface area contributed by atoms with Crippen LogP contribution in [0.1, 0.15) is 15.9 Å². The maximum absolute atomic E-state index is 12.3. The molecule has 6 nitrogen and oxygen atoms in total. The summed E-state index contributed by atoms with van der Waals surface area (Å²) in [5.74, 6) is 0.244. The van der Waals surface area contributed by atoms with E-state index in [1.807, 2.05) is 42.5 Å². The molecule has 0 unspecified atom stereocenters. The Morgan fingerprint density at radius 1 is 0.828 bits per heavy atom. The van der Waals surface area contributed by atoms with Gasteiger partial charge >= 0.3 is 5.97 Å². The maximum atomic E-state index is 12.3. The van der Waals surface area contributed by atoms with E-state index >= 15 is 0 Å². The van der Waals surface area contributed by atoms with E-state index in [1.165, 1.54) is 7.11 Å². The number of carbonyl (C=O) groups excluding carboxylic acids is 2. The Morgan fingerprint density at radius 3 is 2.14 bits per heavy atom. The first kappa shape index (κ1) is 19.9. The monoisotopic (exact) mass is 390 g/mol. The second-order valence-electron chi connectivity index (χ2n) is 6.31. The quantitative estimate of drug-likeness (QED) is 0.585. The summed E-state index contributed by atoms with van der Waals surface area (Å²) in [5.41, 5.74) is 3.48. The molecular weight excluding hydrogens is 368 g/mol. The molecule has 0 atom stereocenters. The molecule has 6 heteroatoms. The Kier molecular flexibility index (Phi) is 6.47. The lowest BCUT2D eigenvalue weighted by atomic mass is 10.1. The van der Waals surface area contributed by atoms with Crippen molar-refractivity contribution >= 4 is 28.9 Å². The number of anilines is 3. The largest absolute Gasteiger partial charge is 0.497 e. The van der Waals surface area contributed by atoms with Crippen LogP contribution in [0.4, 0.5) is 17.1 Å². The van der Waals surface area contributed by atoms with Crippen molar-refractivity contribution in [2.75, 3.05) is 24.9 Å². The fraction of sp³-hybridized carbons (Fsp3) is 0.130. The van der Waals surface area contributed by atoms with E-state index in [2.05, 4.69) is 10.6 Å². The minimum Gasteiger partial charge on any atom is -0.497 e. The number of ether oxygens (including phenoxy) is 2. The van der Waals surface area contributed by atoms with Crippen molar-refractivity contribution in [2.45, 2.75) is 6.42 Å². The molecule has 3 aromatic rings. The van der Waals surface area contributed by atoms with Crippen LogP contribution >= 0.6 is 0 Å². The first-order valence-electron chi connectivity index (χ1n) is 9.06. The minimum absolute atomic E-state index is 0.105. The molecule has 3 aromatic carbocycles. The van der Waals surface area contributed by atoms with E-state index in [0.29, 0.717) is 16.9 Å². The van der Waals surface area contributed by atoms with Crippen LogP contribution < -0.4 is 15.4 Å². The van der Waals surface area contributed by atoms with Crippen molar-refractivity contribution in [3.05, 3.63) is 83.9 Å². The third kappa shape index (κ3) is 5.35. The number of para-hydroxylation sites is 1. The van der Waals surface area contributed by atoms with Crippen LogP contribution in [0.3, 0.4) is 0 Å². The van der Waals surface area contributed by atoms with Crippen molar-refractivity contribution in [2.24, 2.45) is 0 Å². The molecule has 0 aliphatic heterocycles. The maximum Gasteiger partial charge on any atom is 0.339 e. The smallest absolute Gasteiger partial charge is 0.339 e. The highest BCUT2D eigenvalue weighted by molar-refractivity contribution is 5.96. The molecule has 0 bridgehead atoms. The second kappa shape index (κ2) is 9.41.